The van der Waals surface area contributed by atoms with Crippen molar-refractivity contribution in [3.63, 3.8) is 0 Å². The number of hydrogen-bond donors (Lipinski definition) is 0. The third kappa shape index (κ3) is 2.51. The van der Waals surface area contributed by atoms with Gasteiger partial charge in [0, 0.05) is 0 Å². The van der Waals surface area contributed by atoms with Crippen LogP contribution in [0.1, 0.15) is 30.9 Å². The summed E-state index contributed by atoms with van der Waals surface area (Å²) in [5.74, 6) is 0.552. The van der Waals surface area contributed by atoms with Gasteiger partial charge in [-0.05, 0) is 0 Å². The van der Waals surface area contributed by atoms with Crippen LogP contribution >= 0.6 is 0 Å². The Balaban J connectivity index is 2.14. The minimum atomic E-state index is 0.483. The van der Waals surface area contributed by atoms with Crippen molar-refractivity contribution in [2.45, 2.75) is 26.7 Å². The summed E-state index contributed by atoms with van der Waals surface area (Å²) in [4.78, 5) is 6.90. The van der Waals surface area contributed by atoms with E-state index in [0.29, 0.717) is 20.4 Å². The van der Waals surface area contributed by atoms with E-state index >= 15 is 0 Å². The molecule has 0 aliphatic rings. The number of nitrogens with zero attached hydrogens (tertiary/aromatic N) is 1. The summed E-state index contributed by atoms with van der Waals surface area (Å²) in [6, 6.07) is 11.2. The standard InChI is InChI=1S/C17H17NSe/c1-11(2)14-6-12(3)7-15(8-14)16-9-13-4-5-19-17(13)10-18-16/h4-11H,1-3H3. The van der Waals surface area contributed by atoms with Gasteiger partial charge >= 0.3 is 120 Å². The number of benzene rings is 1. The van der Waals surface area contributed by atoms with E-state index in [1.165, 1.54) is 26.3 Å². The fourth-order valence-corrected chi connectivity index (χ4v) is 3.87. The number of pyridine rings is 1. The van der Waals surface area contributed by atoms with Gasteiger partial charge in [-0.15, -0.1) is 0 Å². The quantitative estimate of drug-likeness (QED) is 0.639. The molecule has 19 heavy (non-hydrogen) atoms. The van der Waals surface area contributed by atoms with Crippen LogP contribution in [0.15, 0.2) is 41.5 Å². The molecule has 0 radical (unpaired) electrons. The fraction of sp³-hybridized carbons (Fsp3) is 0.235. The van der Waals surface area contributed by atoms with Gasteiger partial charge in [-0.3, -0.25) is 0 Å². The summed E-state index contributed by atoms with van der Waals surface area (Å²) in [7, 11) is 0. The van der Waals surface area contributed by atoms with Crippen LogP contribution in [0, 0.1) is 6.92 Å². The van der Waals surface area contributed by atoms with Crippen LogP contribution in [-0.4, -0.2) is 19.5 Å². The predicted molar refractivity (Wildman–Crippen MR) is 82.9 cm³/mol. The molecule has 0 aliphatic heterocycles. The van der Waals surface area contributed by atoms with Crippen LogP contribution in [-0.2, 0) is 0 Å². The summed E-state index contributed by atoms with van der Waals surface area (Å²) in [6.45, 7) is 6.63. The summed E-state index contributed by atoms with van der Waals surface area (Å²) in [6.07, 6.45) is 2.04. The monoisotopic (exact) mass is 315 g/mol. The molecule has 2 aromatic heterocycles. The summed E-state index contributed by atoms with van der Waals surface area (Å²) < 4.78 is 1.40. The molecule has 0 aliphatic carbocycles. The number of hydrogen-bond acceptors (Lipinski definition) is 1. The number of aromatic nitrogens is 1. The molecule has 1 nitrogen and oxygen atoms in total. The normalized spacial score (nSPS) is 11.4. The van der Waals surface area contributed by atoms with Crippen molar-refractivity contribution in [1.82, 2.24) is 4.98 Å². The Labute approximate surface area is 120 Å². The van der Waals surface area contributed by atoms with E-state index in [4.69, 9.17) is 0 Å². The molecule has 2 heterocycles. The Bertz CT molecular complexity index is 725. The molecule has 2 heteroatoms. The molecule has 0 N–H and O–H groups in total. The van der Waals surface area contributed by atoms with Crippen LogP contribution in [0.2, 0.25) is 0 Å². The van der Waals surface area contributed by atoms with Crippen LogP contribution in [0.5, 0.6) is 0 Å². The molecule has 0 unspecified atom stereocenters. The van der Waals surface area contributed by atoms with Gasteiger partial charge in [0.25, 0.3) is 0 Å². The van der Waals surface area contributed by atoms with Crippen molar-refractivity contribution in [1.29, 1.82) is 0 Å². The molecule has 0 saturated heterocycles. The van der Waals surface area contributed by atoms with E-state index < -0.39 is 0 Å². The summed E-state index contributed by atoms with van der Waals surface area (Å²) in [5, 5.41) is 1.35. The maximum absolute atomic E-state index is 4.64. The van der Waals surface area contributed by atoms with E-state index in [-0.39, 0.29) is 0 Å². The molecule has 1 aromatic carbocycles. The Morgan fingerprint density at radius 1 is 1.11 bits per heavy atom. The van der Waals surface area contributed by atoms with Crippen LogP contribution in [0.25, 0.3) is 20.9 Å². The number of rotatable bonds is 2. The number of aryl methyl sites for hydroxylation is 1. The van der Waals surface area contributed by atoms with Crippen molar-refractivity contribution < 1.29 is 0 Å². The van der Waals surface area contributed by atoms with Gasteiger partial charge in [0.2, 0.25) is 0 Å². The minimum absolute atomic E-state index is 0.483. The molecule has 0 bridgehead atoms. The Kier molecular flexibility index (Phi) is 3.30. The van der Waals surface area contributed by atoms with Crippen molar-refractivity contribution in [3.05, 3.63) is 52.6 Å². The Morgan fingerprint density at radius 3 is 2.74 bits per heavy atom. The molecule has 3 aromatic rings. The molecular formula is C17H17NSe. The average molecular weight is 314 g/mol. The third-order valence-corrected chi connectivity index (χ3v) is 5.22. The van der Waals surface area contributed by atoms with Crippen molar-refractivity contribution in [2.24, 2.45) is 0 Å². The molecule has 0 spiro atoms. The average Bonchev–Trinajstić information content (AvgIpc) is 2.85. The Morgan fingerprint density at radius 2 is 1.95 bits per heavy atom. The van der Waals surface area contributed by atoms with E-state index in [2.05, 4.69) is 61.0 Å². The van der Waals surface area contributed by atoms with Crippen LogP contribution < -0.4 is 0 Å². The second-order valence-electron chi connectivity index (χ2n) is 5.32. The van der Waals surface area contributed by atoms with E-state index in [1.54, 1.807) is 0 Å². The second-order valence-corrected chi connectivity index (χ2v) is 7.30. The molecule has 0 atom stereocenters. The van der Waals surface area contributed by atoms with Crippen molar-refractivity contribution >= 4 is 24.1 Å². The second kappa shape index (κ2) is 4.96. The first-order valence-electron chi connectivity index (χ1n) is 6.59. The molecular weight excluding hydrogens is 297 g/mol. The van der Waals surface area contributed by atoms with Gasteiger partial charge < -0.3 is 0 Å². The first kappa shape index (κ1) is 12.7. The fourth-order valence-electron chi connectivity index (χ4n) is 2.32. The van der Waals surface area contributed by atoms with Gasteiger partial charge in [0.15, 0.2) is 0 Å². The zero-order valence-corrected chi connectivity index (χ0v) is 13.2. The van der Waals surface area contributed by atoms with E-state index in [1.807, 2.05) is 6.20 Å². The number of fused-ring (bicyclic) bond motifs is 1. The van der Waals surface area contributed by atoms with Gasteiger partial charge in [-0.25, -0.2) is 0 Å². The van der Waals surface area contributed by atoms with Crippen molar-refractivity contribution in [3.8, 4) is 11.3 Å². The molecule has 0 amide bonds. The van der Waals surface area contributed by atoms with Gasteiger partial charge in [-0.1, -0.05) is 0 Å². The maximum atomic E-state index is 4.64. The van der Waals surface area contributed by atoms with Crippen molar-refractivity contribution in [2.75, 3.05) is 0 Å². The first-order valence-corrected chi connectivity index (χ1v) is 8.43. The van der Waals surface area contributed by atoms with E-state index in [9.17, 15) is 0 Å². The first-order chi connectivity index (χ1) is 9.13. The van der Waals surface area contributed by atoms with Gasteiger partial charge in [0.05, 0.1) is 0 Å². The molecule has 0 saturated carbocycles. The van der Waals surface area contributed by atoms with Crippen LogP contribution in [0.4, 0.5) is 0 Å². The zero-order valence-electron chi connectivity index (χ0n) is 11.5. The SMILES string of the molecule is Cc1cc(-c2cc3cc[se]c3cn2)cc(C(C)C)c1. The van der Waals surface area contributed by atoms with E-state index in [0.717, 1.165) is 5.69 Å². The predicted octanol–water partition coefficient (Wildman–Crippen LogP) is 4.39. The van der Waals surface area contributed by atoms with Gasteiger partial charge in [0.1, 0.15) is 0 Å². The zero-order chi connectivity index (χ0) is 13.4. The molecule has 3 rings (SSSR count). The van der Waals surface area contributed by atoms with Gasteiger partial charge in [-0.2, -0.15) is 0 Å². The van der Waals surface area contributed by atoms with Crippen LogP contribution in [0.3, 0.4) is 0 Å². The topological polar surface area (TPSA) is 12.9 Å². The third-order valence-electron chi connectivity index (χ3n) is 3.40. The summed E-state index contributed by atoms with van der Waals surface area (Å²) in [5.41, 5.74) is 5.02. The Hall–Kier alpha value is -1.37. The summed E-state index contributed by atoms with van der Waals surface area (Å²) >= 11 is 0.483. The molecule has 96 valence electrons. The molecule has 0 fully saturated rings.